The van der Waals surface area contributed by atoms with E-state index in [9.17, 15) is 4.79 Å². The number of hydrogen-bond donors (Lipinski definition) is 1. The molecule has 6 nitrogen and oxygen atoms in total. The molecule has 0 aliphatic carbocycles. The Balaban J connectivity index is 1.65. The monoisotopic (exact) mass is 367 g/mol. The summed E-state index contributed by atoms with van der Waals surface area (Å²) in [5.74, 6) is 0.696. The van der Waals surface area contributed by atoms with E-state index in [1.165, 1.54) is 11.8 Å². The summed E-state index contributed by atoms with van der Waals surface area (Å²) in [6.07, 6.45) is 0. The SMILES string of the molecule is Cc1nnc2ccc(SCC(=O)Nc3cc(Cl)ccc3Cl)nn12. The maximum absolute atomic E-state index is 12.0. The van der Waals surface area contributed by atoms with Crippen molar-refractivity contribution in [2.75, 3.05) is 11.1 Å². The number of rotatable bonds is 4. The Morgan fingerprint density at radius 2 is 2.09 bits per heavy atom. The number of halogens is 2. The summed E-state index contributed by atoms with van der Waals surface area (Å²) in [5.41, 5.74) is 1.16. The van der Waals surface area contributed by atoms with Crippen LogP contribution in [0.1, 0.15) is 5.82 Å². The number of aryl methyl sites for hydroxylation is 1. The van der Waals surface area contributed by atoms with E-state index in [2.05, 4.69) is 20.6 Å². The molecule has 2 aromatic heterocycles. The second-order valence-electron chi connectivity index (χ2n) is 4.65. The highest BCUT2D eigenvalue weighted by Crippen LogP contribution is 2.26. The van der Waals surface area contributed by atoms with Crippen LogP contribution < -0.4 is 5.32 Å². The summed E-state index contributed by atoms with van der Waals surface area (Å²) < 4.78 is 1.63. The van der Waals surface area contributed by atoms with Crippen molar-refractivity contribution in [3.63, 3.8) is 0 Å². The third-order valence-corrected chi connectivity index (χ3v) is 4.43. The number of nitrogens with one attached hydrogen (secondary N) is 1. The van der Waals surface area contributed by atoms with E-state index < -0.39 is 0 Å². The van der Waals surface area contributed by atoms with Crippen molar-refractivity contribution in [1.82, 2.24) is 19.8 Å². The fraction of sp³-hybridized carbons (Fsp3) is 0.143. The minimum Gasteiger partial charge on any atom is -0.324 e. The second-order valence-corrected chi connectivity index (χ2v) is 6.49. The number of anilines is 1. The number of carbonyl (C=O) groups excluding carboxylic acids is 1. The lowest BCUT2D eigenvalue weighted by Crippen LogP contribution is -2.14. The molecule has 0 radical (unpaired) electrons. The standard InChI is InChI=1S/C14H11Cl2N5OS/c1-8-18-19-12-4-5-14(20-21(8)12)23-7-13(22)17-11-6-9(15)2-3-10(11)16/h2-6H,7H2,1H3,(H,17,22). The maximum atomic E-state index is 12.0. The smallest absolute Gasteiger partial charge is 0.234 e. The zero-order chi connectivity index (χ0) is 16.4. The molecular weight excluding hydrogens is 357 g/mol. The van der Waals surface area contributed by atoms with Crippen LogP contribution in [-0.2, 0) is 4.79 Å². The number of amides is 1. The average molecular weight is 368 g/mol. The molecule has 1 N–H and O–H groups in total. The molecule has 23 heavy (non-hydrogen) atoms. The van der Waals surface area contributed by atoms with Gasteiger partial charge >= 0.3 is 0 Å². The molecule has 0 spiro atoms. The van der Waals surface area contributed by atoms with Crippen LogP contribution >= 0.6 is 35.0 Å². The molecule has 3 aromatic rings. The number of fused-ring (bicyclic) bond motifs is 1. The van der Waals surface area contributed by atoms with Gasteiger partial charge in [0, 0.05) is 5.02 Å². The summed E-state index contributed by atoms with van der Waals surface area (Å²) >= 11 is 13.2. The number of nitrogens with zero attached hydrogens (tertiary/aromatic N) is 4. The van der Waals surface area contributed by atoms with E-state index in [1.54, 1.807) is 34.8 Å². The van der Waals surface area contributed by atoms with Crippen molar-refractivity contribution in [2.24, 2.45) is 0 Å². The van der Waals surface area contributed by atoms with Gasteiger partial charge in [-0.05, 0) is 37.3 Å². The molecule has 0 saturated heterocycles. The van der Waals surface area contributed by atoms with Crippen molar-refractivity contribution < 1.29 is 4.79 Å². The molecule has 0 fully saturated rings. The average Bonchev–Trinajstić information content (AvgIpc) is 2.90. The lowest BCUT2D eigenvalue weighted by Gasteiger charge is -2.07. The Bertz CT molecular complexity index is 883. The Morgan fingerprint density at radius 3 is 2.91 bits per heavy atom. The van der Waals surface area contributed by atoms with Crippen LogP contribution in [0.15, 0.2) is 35.4 Å². The van der Waals surface area contributed by atoms with Gasteiger partial charge in [-0.2, -0.15) is 9.61 Å². The van der Waals surface area contributed by atoms with Crippen LogP contribution in [0, 0.1) is 6.92 Å². The first-order chi connectivity index (χ1) is 11.0. The summed E-state index contributed by atoms with van der Waals surface area (Å²) in [5, 5.41) is 16.7. The zero-order valence-electron chi connectivity index (χ0n) is 12.0. The van der Waals surface area contributed by atoms with Gasteiger partial charge in [0.25, 0.3) is 0 Å². The van der Waals surface area contributed by atoms with Crippen LogP contribution in [0.3, 0.4) is 0 Å². The third kappa shape index (κ3) is 3.74. The predicted octanol–water partition coefficient (Wildman–Crippen LogP) is 3.47. The summed E-state index contributed by atoms with van der Waals surface area (Å²) in [7, 11) is 0. The first-order valence-electron chi connectivity index (χ1n) is 6.60. The molecular formula is C14H11Cl2N5OS. The molecule has 0 bridgehead atoms. The quantitative estimate of drug-likeness (QED) is 0.714. The first-order valence-corrected chi connectivity index (χ1v) is 8.34. The van der Waals surface area contributed by atoms with Gasteiger partial charge in [-0.25, -0.2) is 0 Å². The highest BCUT2D eigenvalue weighted by molar-refractivity contribution is 7.99. The van der Waals surface area contributed by atoms with Gasteiger partial charge in [-0.15, -0.1) is 10.2 Å². The van der Waals surface area contributed by atoms with E-state index >= 15 is 0 Å². The first kappa shape index (κ1) is 16.0. The zero-order valence-corrected chi connectivity index (χ0v) is 14.3. The van der Waals surface area contributed by atoms with Gasteiger partial charge in [0.05, 0.1) is 16.5 Å². The van der Waals surface area contributed by atoms with Gasteiger partial charge in [0.2, 0.25) is 5.91 Å². The molecule has 0 aliphatic rings. The lowest BCUT2D eigenvalue weighted by atomic mass is 10.3. The van der Waals surface area contributed by atoms with Crippen LogP contribution in [0.25, 0.3) is 5.65 Å². The van der Waals surface area contributed by atoms with Crippen molar-refractivity contribution >= 4 is 52.2 Å². The van der Waals surface area contributed by atoms with E-state index in [4.69, 9.17) is 23.2 Å². The fourth-order valence-electron chi connectivity index (χ4n) is 1.88. The number of benzene rings is 1. The molecule has 0 unspecified atom stereocenters. The molecule has 1 aromatic carbocycles. The van der Waals surface area contributed by atoms with Gasteiger partial charge in [0.15, 0.2) is 11.5 Å². The summed E-state index contributed by atoms with van der Waals surface area (Å²) in [6.45, 7) is 1.81. The topological polar surface area (TPSA) is 72.2 Å². The molecule has 0 aliphatic heterocycles. The normalized spacial score (nSPS) is 10.9. The van der Waals surface area contributed by atoms with E-state index in [0.717, 1.165) is 0 Å². The van der Waals surface area contributed by atoms with Crippen LogP contribution in [0.2, 0.25) is 10.0 Å². The number of thioether (sulfide) groups is 1. The van der Waals surface area contributed by atoms with E-state index in [1.807, 2.05) is 6.92 Å². The minimum absolute atomic E-state index is 0.193. The molecule has 0 saturated carbocycles. The van der Waals surface area contributed by atoms with Crippen molar-refractivity contribution in [1.29, 1.82) is 0 Å². The number of hydrogen-bond acceptors (Lipinski definition) is 5. The number of carbonyl (C=O) groups is 1. The minimum atomic E-state index is -0.193. The van der Waals surface area contributed by atoms with E-state index in [-0.39, 0.29) is 11.7 Å². The molecule has 2 heterocycles. The highest BCUT2D eigenvalue weighted by atomic mass is 35.5. The molecule has 3 rings (SSSR count). The summed E-state index contributed by atoms with van der Waals surface area (Å²) in [4.78, 5) is 12.0. The van der Waals surface area contributed by atoms with Crippen molar-refractivity contribution in [3.05, 3.63) is 46.2 Å². The third-order valence-electron chi connectivity index (χ3n) is 2.95. The Morgan fingerprint density at radius 1 is 1.26 bits per heavy atom. The predicted molar refractivity (Wildman–Crippen MR) is 91.3 cm³/mol. The summed E-state index contributed by atoms with van der Waals surface area (Å²) in [6, 6.07) is 8.51. The fourth-order valence-corrected chi connectivity index (χ4v) is 2.87. The van der Waals surface area contributed by atoms with Gasteiger partial charge in [-0.1, -0.05) is 35.0 Å². The molecule has 1 amide bonds. The van der Waals surface area contributed by atoms with Crippen LogP contribution in [0.5, 0.6) is 0 Å². The van der Waals surface area contributed by atoms with Gasteiger partial charge in [-0.3, -0.25) is 4.79 Å². The van der Waals surface area contributed by atoms with Crippen molar-refractivity contribution in [3.8, 4) is 0 Å². The molecule has 118 valence electrons. The van der Waals surface area contributed by atoms with Gasteiger partial charge in [0.1, 0.15) is 5.03 Å². The Hall–Kier alpha value is -1.83. The Kier molecular flexibility index (Phi) is 4.70. The number of aromatic nitrogens is 4. The highest BCUT2D eigenvalue weighted by Gasteiger charge is 2.09. The van der Waals surface area contributed by atoms with Crippen LogP contribution in [-0.4, -0.2) is 31.5 Å². The second kappa shape index (κ2) is 6.74. The Labute approximate surface area is 146 Å². The van der Waals surface area contributed by atoms with Gasteiger partial charge < -0.3 is 5.32 Å². The molecule has 9 heteroatoms. The molecule has 0 atom stereocenters. The van der Waals surface area contributed by atoms with E-state index in [0.29, 0.717) is 32.2 Å². The maximum Gasteiger partial charge on any atom is 0.234 e. The largest absolute Gasteiger partial charge is 0.324 e. The van der Waals surface area contributed by atoms with Crippen molar-refractivity contribution in [2.45, 2.75) is 11.9 Å². The lowest BCUT2D eigenvalue weighted by molar-refractivity contribution is -0.113. The van der Waals surface area contributed by atoms with Crippen LogP contribution in [0.4, 0.5) is 5.69 Å².